The van der Waals surface area contributed by atoms with Crippen LogP contribution in [0.2, 0.25) is 0 Å². The zero-order valence-electron chi connectivity index (χ0n) is 11.1. The van der Waals surface area contributed by atoms with Gasteiger partial charge < -0.3 is 0 Å². The fourth-order valence-corrected chi connectivity index (χ4v) is 2.59. The van der Waals surface area contributed by atoms with Gasteiger partial charge in [-0.2, -0.15) is 0 Å². The molecule has 0 spiro atoms. The summed E-state index contributed by atoms with van der Waals surface area (Å²) in [5, 5.41) is 0. The number of aryl methyl sites for hydroxylation is 1. The molecule has 0 unspecified atom stereocenters. The molecule has 0 aliphatic rings. The third kappa shape index (κ3) is 3.17. The molecule has 0 saturated heterocycles. The van der Waals surface area contributed by atoms with Gasteiger partial charge in [-0.3, -0.25) is 0 Å². The van der Waals surface area contributed by atoms with E-state index in [1.807, 2.05) is 11.8 Å². The van der Waals surface area contributed by atoms with Gasteiger partial charge in [-0.25, -0.2) is 0 Å². The van der Waals surface area contributed by atoms with E-state index in [9.17, 15) is 0 Å². The number of thioether (sulfide) groups is 1. The topological polar surface area (TPSA) is 0 Å². The van der Waals surface area contributed by atoms with Crippen molar-refractivity contribution in [3.05, 3.63) is 54.1 Å². The minimum atomic E-state index is 1.18. The normalized spacial score (nSPS) is 10.6. The molecule has 0 fully saturated rings. The van der Waals surface area contributed by atoms with Gasteiger partial charge in [0.2, 0.25) is 0 Å². The SMILES string of the molecule is CCCCc1ccc(SC)cc1-c1ccccc1. The minimum Gasteiger partial charge on any atom is -0.130 e. The average molecular weight is 256 g/mol. The Morgan fingerprint density at radius 3 is 2.44 bits per heavy atom. The monoisotopic (exact) mass is 256 g/mol. The molecule has 0 nitrogen and oxygen atoms in total. The van der Waals surface area contributed by atoms with E-state index in [2.05, 4.69) is 61.7 Å². The molecule has 2 aromatic carbocycles. The molecule has 0 aliphatic heterocycles. The zero-order valence-corrected chi connectivity index (χ0v) is 12.0. The van der Waals surface area contributed by atoms with Crippen molar-refractivity contribution in [2.45, 2.75) is 31.1 Å². The Balaban J connectivity index is 2.41. The van der Waals surface area contributed by atoms with Crippen molar-refractivity contribution in [3.63, 3.8) is 0 Å². The molecule has 0 heterocycles. The molecule has 1 heteroatoms. The van der Waals surface area contributed by atoms with Crippen molar-refractivity contribution in [2.24, 2.45) is 0 Å². The molecule has 2 rings (SSSR count). The van der Waals surface area contributed by atoms with Gasteiger partial charge in [0.1, 0.15) is 0 Å². The van der Waals surface area contributed by atoms with Crippen LogP contribution in [0.4, 0.5) is 0 Å². The van der Waals surface area contributed by atoms with Crippen molar-refractivity contribution in [1.29, 1.82) is 0 Å². The largest absolute Gasteiger partial charge is 0.130 e. The zero-order chi connectivity index (χ0) is 12.8. The van der Waals surface area contributed by atoms with Crippen molar-refractivity contribution in [3.8, 4) is 11.1 Å². The van der Waals surface area contributed by atoms with Crippen LogP contribution in [0.25, 0.3) is 11.1 Å². The van der Waals surface area contributed by atoms with Crippen LogP contribution in [-0.2, 0) is 6.42 Å². The number of hydrogen-bond donors (Lipinski definition) is 0. The van der Waals surface area contributed by atoms with E-state index in [1.165, 1.54) is 40.8 Å². The molecule has 0 atom stereocenters. The first-order chi connectivity index (χ1) is 8.85. The summed E-state index contributed by atoms with van der Waals surface area (Å²) < 4.78 is 0. The lowest BCUT2D eigenvalue weighted by atomic mass is 9.96. The van der Waals surface area contributed by atoms with E-state index in [4.69, 9.17) is 0 Å². The molecule has 0 aromatic heterocycles. The highest BCUT2D eigenvalue weighted by molar-refractivity contribution is 7.98. The maximum absolute atomic E-state index is 2.32. The summed E-state index contributed by atoms with van der Waals surface area (Å²) in [6.07, 6.45) is 5.82. The Hall–Kier alpha value is -1.21. The van der Waals surface area contributed by atoms with Crippen LogP contribution in [0.5, 0.6) is 0 Å². The van der Waals surface area contributed by atoms with Crippen molar-refractivity contribution < 1.29 is 0 Å². The van der Waals surface area contributed by atoms with E-state index in [-0.39, 0.29) is 0 Å². The number of rotatable bonds is 5. The summed E-state index contributed by atoms with van der Waals surface area (Å²) in [5.74, 6) is 0. The summed E-state index contributed by atoms with van der Waals surface area (Å²) in [4.78, 5) is 1.34. The number of unbranched alkanes of at least 4 members (excludes halogenated alkanes) is 1. The first-order valence-corrected chi connectivity index (χ1v) is 7.80. The van der Waals surface area contributed by atoms with E-state index < -0.39 is 0 Å². The van der Waals surface area contributed by atoms with E-state index >= 15 is 0 Å². The summed E-state index contributed by atoms with van der Waals surface area (Å²) in [6.45, 7) is 2.25. The Morgan fingerprint density at radius 2 is 1.78 bits per heavy atom. The van der Waals surface area contributed by atoms with Crippen molar-refractivity contribution in [1.82, 2.24) is 0 Å². The number of benzene rings is 2. The van der Waals surface area contributed by atoms with Gasteiger partial charge in [0.15, 0.2) is 0 Å². The quantitative estimate of drug-likeness (QED) is 0.644. The van der Waals surface area contributed by atoms with Crippen LogP contribution in [0.3, 0.4) is 0 Å². The molecule has 18 heavy (non-hydrogen) atoms. The van der Waals surface area contributed by atoms with Gasteiger partial charge in [0.25, 0.3) is 0 Å². The predicted octanol–water partition coefficient (Wildman–Crippen LogP) is 5.42. The van der Waals surface area contributed by atoms with Gasteiger partial charge in [0.05, 0.1) is 0 Å². The Labute approximate surface area is 114 Å². The molecule has 0 N–H and O–H groups in total. The number of hydrogen-bond acceptors (Lipinski definition) is 1. The highest BCUT2D eigenvalue weighted by atomic mass is 32.2. The van der Waals surface area contributed by atoms with Crippen LogP contribution in [0.15, 0.2) is 53.4 Å². The molecule has 0 radical (unpaired) electrons. The molecule has 0 saturated carbocycles. The van der Waals surface area contributed by atoms with Crippen LogP contribution in [0, 0.1) is 0 Å². The second-order valence-electron chi connectivity index (χ2n) is 4.49. The molecular weight excluding hydrogens is 236 g/mol. The van der Waals surface area contributed by atoms with Crippen LogP contribution >= 0.6 is 11.8 Å². The minimum absolute atomic E-state index is 1.18. The third-order valence-corrected chi connectivity index (χ3v) is 3.93. The van der Waals surface area contributed by atoms with Gasteiger partial charge in [-0.05, 0) is 47.9 Å². The van der Waals surface area contributed by atoms with Crippen molar-refractivity contribution >= 4 is 11.8 Å². The lowest BCUT2D eigenvalue weighted by Gasteiger charge is -2.11. The third-order valence-electron chi connectivity index (χ3n) is 3.20. The van der Waals surface area contributed by atoms with Crippen LogP contribution in [0.1, 0.15) is 25.3 Å². The molecule has 94 valence electrons. The van der Waals surface area contributed by atoms with E-state index in [0.29, 0.717) is 0 Å². The van der Waals surface area contributed by atoms with E-state index in [1.54, 1.807) is 0 Å². The second-order valence-corrected chi connectivity index (χ2v) is 5.37. The first-order valence-electron chi connectivity index (χ1n) is 6.57. The summed E-state index contributed by atoms with van der Waals surface area (Å²) in [7, 11) is 0. The maximum Gasteiger partial charge on any atom is 0.00754 e. The first kappa shape index (κ1) is 13.2. The molecule has 0 aliphatic carbocycles. The lowest BCUT2D eigenvalue weighted by Crippen LogP contribution is -1.91. The van der Waals surface area contributed by atoms with Crippen LogP contribution in [-0.4, -0.2) is 6.26 Å². The predicted molar refractivity (Wildman–Crippen MR) is 82.3 cm³/mol. The Bertz CT molecular complexity index is 488. The fourth-order valence-electron chi connectivity index (χ4n) is 2.15. The summed E-state index contributed by atoms with van der Waals surface area (Å²) >= 11 is 1.81. The Kier molecular flexibility index (Phi) is 4.89. The fraction of sp³-hybridized carbons (Fsp3) is 0.294. The van der Waals surface area contributed by atoms with Gasteiger partial charge in [-0.1, -0.05) is 49.7 Å². The molecule has 0 amide bonds. The summed E-state index contributed by atoms with van der Waals surface area (Å²) in [6, 6.07) is 17.6. The highest BCUT2D eigenvalue weighted by Crippen LogP contribution is 2.29. The molecule has 0 bridgehead atoms. The molecular formula is C17H20S. The maximum atomic E-state index is 2.32. The molecule has 2 aromatic rings. The van der Waals surface area contributed by atoms with Crippen molar-refractivity contribution in [2.75, 3.05) is 6.26 Å². The standard InChI is InChI=1S/C17H20S/c1-3-4-8-15-11-12-16(18-2)13-17(15)14-9-6-5-7-10-14/h5-7,9-13H,3-4,8H2,1-2H3. The van der Waals surface area contributed by atoms with Crippen LogP contribution < -0.4 is 0 Å². The average Bonchev–Trinajstić information content (AvgIpc) is 2.46. The lowest BCUT2D eigenvalue weighted by molar-refractivity contribution is 0.795. The smallest absolute Gasteiger partial charge is 0.00754 e. The van der Waals surface area contributed by atoms with Gasteiger partial charge in [-0.15, -0.1) is 11.8 Å². The second kappa shape index (κ2) is 6.65. The van der Waals surface area contributed by atoms with E-state index in [0.717, 1.165) is 0 Å². The van der Waals surface area contributed by atoms with Gasteiger partial charge >= 0.3 is 0 Å². The van der Waals surface area contributed by atoms with Gasteiger partial charge in [0, 0.05) is 4.90 Å². The Morgan fingerprint density at radius 1 is 1.00 bits per heavy atom. The summed E-state index contributed by atoms with van der Waals surface area (Å²) in [5.41, 5.74) is 4.20. The highest BCUT2D eigenvalue weighted by Gasteiger charge is 2.05.